The Kier molecular flexibility index (Phi) is 4.63. The van der Waals surface area contributed by atoms with Crippen LogP contribution in [-0.2, 0) is 9.59 Å². The second-order valence-corrected chi connectivity index (χ2v) is 9.75. The molecule has 6 atom stereocenters. The van der Waals surface area contributed by atoms with Gasteiger partial charge in [0, 0.05) is 10.6 Å². The Hall–Kier alpha value is -3.12. The van der Waals surface area contributed by atoms with Crippen LogP contribution in [0.1, 0.15) is 16.8 Å². The number of likely N-dealkylation sites (tertiary alicyclic amines) is 1. The van der Waals surface area contributed by atoms with Crippen LogP contribution in [0.4, 0.5) is 5.69 Å². The number of halogens is 1. The van der Waals surface area contributed by atoms with Gasteiger partial charge < -0.3 is 4.74 Å². The summed E-state index contributed by atoms with van der Waals surface area (Å²) in [6, 6.07) is 13.7. The lowest BCUT2D eigenvalue weighted by Crippen LogP contribution is -2.45. The van der Waals surface area contributed by atoms with Crippen LogP contribution in [0.5, 0.6) is 5.75 Å². The van der Waals surface area contributed by atoms with Gasteiger partial charge in [0.25, 0.3) is 5.91 Å². The first kappa shape index (κ1) is 20.5. The molecule has 2 saturated carbocycles. The second-order valence-electron chi connectivity index (χ2n) is 9.31. The van der Waals surface area contributed by atoms with Gasteiger partial charge in [-0.05, 0) is 66.5 Å². The fourth-order valence-electron chi connectivity index (χ4n) is 6.15. The third-order valence-corrected chi connectivity index (χ3v) is 8.00. The van der Waals surface area contributed by atoms with Crippen LogP contribution in [0.2, 0.25) is 5.02 Å². The number of hydrogen-bond acceptors (Lipinski definition) is 4. The minimum absolute atomic E-state index is 0.137. The van der Waals surface area contributed by atoms with Gasteiger partial charge in [-0.2, -0.15) is 0 Å². The van der Waals surface area contributed by atoms with Crippen LogP contribution < -0.4 is 9.64 Å². The van der Waals surface area contributed by atoms with Crippen molar-refractivity contribution in [3.8, 4) is 5.75 Å². The number of rotatable bonds is 5. The summed E-state index contributed by atoms with van der Waals surface area (Å²) in [5, 5.41) is 0.519. The number of amides is 3. The first-order valence-electron chi connectivity index (χ1n) is 11.2. The molecule has 6 unspecified atom stereocenters. The van der Waals surface area contributed by atoms with Crippen molar-refractivity contribution in [3.63, 3.8) is 0 Å². The third kappa shape index (κ3) is 3.04. The Morgan fingerprint density at radius 1 is 1.00 bits per heavy atom. The van der Waals surface area contributed by atoms with Crippen LogP contribution in [0.3, 0.4) is 0 Å². The van der Waals surface area contributed by atoms with Gasteiger partial charge >= 0.3 is 0 Å². The van der Waals surface area contributed by atoms with Crippen molar-refractivity contribution in [3.05, 3.63) is 71.3 Å². The van der Waals surface area contributed by atoms with E-state index in [9.17, 15) is 14.4 Å². The van der Waals surface area contributed by atoms with Crippen molar-refractivity contribution < 1.29 is 19.1 Å². The number of carbonyl (C=O) groups is 3. The van der Waals surface area contributed by atoms with E-state index < -0.39 is 0 Å². The molecule has 2 aromatic rings. The summed E-state index contributed by atoms with van der Waals surface area (Å²) in [5.41, 5.74) is 0.907. The predicted octanol–water partition coefficient (Wildman–Crippen LogP) is 4.01. The number of methoxy groups -OCH3 is 1. The van der Waals surface area contributed by atoms with Crippen LogP contribution in [0, 0.1) is 35.5 Å². The quantitative estimate of drug-likeness (QED) is 0.497. The summed E-state index contributed by atoms with van der Waals surface area (Å²) in [7, 11) is 1.53. The Morgan fingerprint density at radius 2 is 1.61 bits per heavy atom. The van der Waals surface area contributed by atoms with Gasteiger partial charge in [0.1, 0.15) is 12.4 Å². The van der Waals surface area contributed by atoms with Gasteiger partial charge in [-0.25, -0.2) is 0 Å². The maximum Gasteiger partial charge on any atom is 0.259 e. The number of allylic oxidation sites excluding steroid dienone is 2. The predicted molar refractivity (Wildman–Crippen MR) is 123 cm³/mol. The van der Waals surface area contributed by atoms with E-state index in [2.05, 4.69) is 12.2 Å². The number of benzene rings is 2. The minimum atomic E-state index is -0.337. The van der Waals surface area contributed by atoms with E-state index in [1.165, 1.54) is 16.9 Å². The normalized spacial score (nSPS) is 30.8. The standard InChI is InChI=1S/C26H23ClN2O4/c1-33-21-5-3-2-4-20(21)28(24(30)14-6-8-15(27)9-7-14)13-29-25(31)22-16-10-11-17(19-12-18(16)19)23(22)26(29)32/h2-11,16-19,22-23H,12-13H2,1H3. The van der Waals surface area contributed by atoms with E-state index in [0.29, 0.717) is 33.9 Å². The molecule has 5 aliphatic rings. The molecule has 1 aliphatic heterocycles. The zero-order valence-corrected chi connectivity index (χ0v) is 18.8. The molecule has 0 spiro atoms. The molecule has 0 N–H and O–H groups in total. The molecule has 33 heavy (non-hydrogen) atoms. The van der Waals surface area contributed by atoms with Crippen LogP contribution in [0.25, 0.3) is 0 Å². The molecular weight excluding hydrogens is 440 g/mol. The van der Waals surface area contributed by atoms with Gasteiger partial charge in [0.2, 0.25) is 11.8 Å². The number of ether oxygens (including phenoxy) is 1. The maximum atomic E-state index is 13.6. The molecule has 3 amide bonds. The summed E-state index contributed by atoms with van der Waals surface area (Å²) >= 11 is 6.01. The number of para-hydroxylation sites is 2. The molecule has 2 bridgehead atoms. The van der Waals surface area contributed by atoms with Crippen molar-refractivity contribution in [1.82, 2.24) is 4.90 Å². The Labute approximate surface area is 196 Å². The van der Waals surface area contributed by atoms with E-state index in [1.54, 1.807) is 42.5 Å². The molecular formula is C26H23ClN2O4. The summed E-state index contributed by atoms with van der Waals surface area (Å²) in [4.78, 5) is 43.4. The molecule has 1 saturated heterocycles. The summed E-state index contributed by atoms with van der Waals surface area (Å²) in [6.07, 6.45) is 5.40. The van der Waals surface area contributed by atoms with E-state index in [-0.39, 0.29) is 48.1 Å². The SMILES string of the molecule is COc1ccccc1N(CN1C(=O)C2C3C=CC(C4CC34)C2C1=O)C(=O)c1ccc(Cl)cc1. The number of anilines is 1. The van der Waals surface area contributed by atoms with Gasteiger partial charge in [-0.3, -0.25) is 24.2 Å². The highest BCUT2D eigenvalue weighted by Crippen LogP contribution is 2.65. The lowest BCUT2D eigenvalue weighted by Gasteiger charge is -2.37. The topological polar surface area (TPSA) is 66.9 Å². The molecule has 0 aromatic heterocycles. The van der Waals surface area contributed by atoms with Crippen LogP contribution >= 0.6 is 11.6 Å². The fraction of sp³-hybridized carbons (Fsp3) is 0.346. The van der Waals surface area contributed by atoms with E-state index in [1.807, 2.05) is 6.07 Å². The molecule has 7 heteroatoms. The van der Waals surface area contributed by atoms with Crippen LogP contribution in [0.15, 0.2) is 60.7 Å². The Bertz CT molecular complexity index is 1160. The molecule has 6 nitrogen and oxygen atoms in total. The zero-order valence-electron chi connectivity index (χ0n) is 18.1. The van der Waals surface area contributed by atoms with Crippen LogP contribution in [-0.4, -0.2) is 36.4 Å². The largest absolute Gasteiger partial charge is 0.495 e. The highest BCUT2D eigenvalue weighted by molar-refractivity contribution is 6.30. The molecule has 4 aliphatic carbocycles. The average molecular weight is 463 g/mol. The summed E-state index contributed by atoms with van der Waals surface area (Å²) in [6.45, 7) is -0.152. The lowest BCUT2D eigenvalue weighted by molar-refractivity contribution is -0.140. The summed E-state index contributed by atoms with van der Waals surface area (Å²) < 4.78 is 5.49. The van der Waals surface area contributed by atoms with Crippen molar-refractivity contribution >= 4 is 35.0 Å². The van der Waals surface area contributed by atoms with Crippen molar-refractivity contribution in [1.29, 1.82) is 0 Å². The third-order valence-electron chi connectivity index (χ3n) is 7.75. The van der Waals surface area contributed by atoms with E-state index >= 15 is 0 Å². The second kappa shape index (κ2) is 7.45. The lowest BCUT2D eigenvalue weighted by atomic mass is 9.63. The fourth-order valence-corrected chi connectivity index (χ4v) is 6.28. The molecule has 3 fully saturated rings. The molecule has 2 aromatic carbocycles. The first-order chi connectivity index (χ1) is 16.0. The van der Waals surface area contributed by atoms with Gasteiger partial charge in [0.15, 0.2) is 0 Å². The molecule has 0 radical (unpaired) electrons. The number of imide groups is 1. The highest BCUT2D eigenvalue weighted by Gasteiger charge is 2.67. The molecule has 1 heterocycles. The maximum absolute atomic E-state index is 13.6. The smallest absolute Gasteiger partial charge is 0.259 e. The number of carbonyl (C=O) groups excluding carboxylic acids is 3. The monoisotopic (exact) mass is 462 g/mol. The number of hydrogen-bond donors (Lipinski definition) is 0. The van der Waals surface area contributed by atoms with Gasteiger partial charge in [-0.1, -0.05) is 35.9 Å². The van der Waals surface area contributed by atoms with Crippen molar-refractivity contribution in [2.75, 3.05) is 18.7 Å². The van der Waals surface area contributed by atoms with Gasteiger partial charge in [-0.15, -0.1) is 0 Å². The first-order valence-corrected chi connectivity index (χ1v) is 11.6. The minimum Gasteiger partial charge on any atom is -0.495 e. The van der Waals surface area contributed by atoms with Crippen molar-refractivity contribution in [2.24, 2.45) is 35.5 Å². The number of nitrogens with zero attached hydrogens (tertiary/aromatic N) is 2. The Balaban J connectivity index is 1.36. The Morgan fingerprint density at radius 3 is 2.21 bits per heavy atom. The molecule has 7 rings (SSSR count). The highest BCUT2D eigenvalue weighted by atomic mass is 35.5. The van der Waals surface area contributed by atoms with E-state index in [4.69, 9.17) is 16.3 Å². The van der Waals surface area contributed by atoms with Gasteiger partial charge in [0.05, 0.1) is 24.6 Å². The average Bonchev–Trinajstić information content (AvgIpc) is 3.62. The van der Waals surface area contributed by atoms with E-state index in [0.717, 1.165) is 6.42 Å². The zero-order chi connectivity index (χ0) is 22.9. The van der Waals surface area contributed by atoms with Crippen molar-refractivity contribution in [2.45, 2.75) is 6.42 Å². The molecule has 168 valence electrons. The summed E-state index contributed by atoms with van der Waals surface area (Å²) in [5.74, 6) is 0.531.